The number of nitrogens with one attached hydrogen (secondary N) is 1. The number of hydrogen-bond donors (Lipinski definition) is 1. The first-order valence-electron chi connectivity index (χ1n) is 11.2. The molecule has 3 aromatic rings. The number of rotatable bonds is 10. The van der Waals surface area contributed by atoms with Crippen molar-refractivity contribution >= 4 is 34.8 Å². The Labute approximate surface area is 202 Å². The third-order valence-electron chi connectivity index (χ3n) is 5.33. The molecule has 0 bridgehead atoms. The molecule has 0 saturated carbocycles. The monoisotopic (exact) mass is 483 g/mol. The smallest absolute Gasteiger partial charge is 0.408 e. The van der Waals surface area contributed by atoms with Crippen LogP contribution in [0.2, 0.25) is 0 Å². The van der Waals surface area contributed by atoms with Gasteiger partial charge in [0.15, 0.2) is 0 Å². The molecule has 2 aromatic carbocycles. The average molecular weight is 484 g/mol. The number of fused-ring (bicyclic) bond motifs is 1. The molecule has 0 aliphatic carbocycles. The molecule has 0 spiro atoms. The lowest BCUT2D eigenvalue weighted by molar-refractivity contribution is -0.136. The zero-order valence-corrected chi connectivity index (χ0v) is 20.4. The minimum atomic E-state index is -0.885. The van der Waals surface area contributed by atoms with Gasteiger partial charge in [-0.3, -0.25) is 0 Å². The summed E-state index contributed by atoms with van der Waals surface area (Å²) in [7, 11) is 0. The number of esters is 1. The highest BCUT2D eigenvalue weighted by Gasteiger charge is 2.24. The van der Waals surface area contributed by atoms with Crippen LogP contribution in [0, 0.1) is 6.92 Å². The SMILES string of the molecule is CCCc1cc(=O)oc2c(C)c(OC(=O)[C@H](CCSC)NC(=O)OCc3ccccc3)ccc12. The van der Waals surface area contributed by atoms with E-state index in [9.17, 15) is 14.4 Å². The maximum Gasteiger partial charge on any atom is 0.408 e. The number of benzene rings is 2. The van der Waals surface area contributed by atoms with Crippen molar-refractivity contribution in [2.45, 2.75) is 45.8 Å². The first-order valence-corrected chi connectivity index (χ1v) is 12.6. The molecule has 1 amide bonds. The van der Waals surface area contributed by atoms with Gasteiger partial charge in [-0.25, -0.2) is 14.4 Å². The molecule has 0 aliphatic heterocycles. The molecule has 1 aromatic heterocycles. The quantitative estimate of drug-likeness (QED) is 0.246. The molecule has 7 nitrogen and oxygen atoms in total. The highest BCUT2D eigenvalue weighted by Crippen LogP contribution is 2.29. The summed E-state index contributed by atoms with van der Waals surface area (Å²) in [4.78, 5) is 37.3. The van der Waals surface area contributed by atoms with Gasteiger partial charge >= 0.3 is 17.7 Å². The Morgan fingerprint density at radius 1 is 1.15 bits per heavy atom. The Kier molecular flexibility index (Phi) is 9.16. The fourth-order valence-electron chi connectivity index (χ4n) is 3.57. The molecule has 0 radical (unpaired) electrons. The van der Waals surface area contributed by atoms with Gasteiger partial charge in [-0.2, -0.15) is 11.8 Å². The molecule has 180 valence electrons. The summed E-state index contributed by atoms with van der Waals surface area (Å²) in [6.07, 6.45) is 3.23. The lowest BCUT2D eigenvalue weighted by atomic mass is 10.0. The van der Waals surface area contributed by atoms with Gasteiger partial charge in [0.1, 0.15) is 24.0 Å². The Bertz CT molecular complexity index is 1190. The van der Waals surface area contributed by atoms with Crippen molar-refractivity contribution in [1.82, 2.24) is 5.32 Å². The van der Waals surface area contributed by atoms with Gasteiger partial charge in [0.25, 0.3) is 0 Å². The summed E-state index contributed by atoms with van der Waals surface area (Å²) in [5, 5.41) is 3.43. The normalized spacial score (nSPS) is 11.7. The minimum Gasteiger partial charge on any atom is -0.445 e. The lowest BCUT2D eigenvalue weighted by Crippen LogP contribution is -2.43. The zero-order chi connectivity index (χ0) is 24.5. The van der Waals surface area contributed by atoms with E-state index in [4.69, 9.17) is 13.9 Å². The van der Waals surface area contributed by atoms with Crippen LogP contribution in [0.25, 0.3) is 11.0 Å². The fourth-order valence-corrected chi connectivity index (χ4v) is 4.04. The van der Waals surface area contributed by atoms with Crippen molar-refractivity contribution < 1.29 is 23.5 Å². The van der Waals surface area contributed by atoms with E-state index in [0.717, 1.165) is 29.4 Å². The first kappa shape index (κ1) is 25.4. The van der Waals surface area contributed by atoms with Gasteiger partial charge in [0, 0.05) is 17.0 Å². The van der Waals surface area contributed by atoms with Gasteiger partial charge in [-0.1, -0.05) is 43.7 Å². The van der Waals surface area contributed by atoms with E-state index in [2.05, 4.69) is 5.32 Å². The molecule has 3 rings (SSSR count). The van der Waals surface area contributed by atoms with Gasteiger partial charge in [0.05, 0.1) is 0 Å². The van der Waals surface area contributed by atoms with Crippen molar-refractivity contribution in [3.63, 3.8) is 0 Å². The van der Waals surface area contributed by atoms with Gasteiger partial charge in [0.2, 0.25) is 0 Å². The Morgan fingerprint density at radius 3 is 2.62 bits per heavy atom. The van der Waals surface area contributed by atoms with Crippen LogP contribution in [0.4, 0.5) is 4.79 Å². The summed E-state index contributed by atoms with van der Waals surface area (Å²) in [6, 6.07) is 13.4. The van der Waals surface area contributed by atoms with Crippen LogP contribution in [-0.2, 0) is 22.6 Å². The molecule has 1 N–H and O–H groups in total. The lowest BCUT2D eigenvalue weighted by Gasteiger charge is -2.18. The van der Waals surface area contributed by atoms with Crippen LogP contribution >= 0.6 is 11.8 Å². The van der Waals surface area contributed by atoms with Gasteiger partial charge < -0.3 is 19.2 Å². The predicted octanol–water partition coefficient (Wildman–Crippen LogP) is 5.01. The van der Waals surface area contributed by atoms with E-state index < -0.39 is 23.7 Å². The molecule has 1 heterocycles. The van der Waals surface area contributed by atoms with Crippen molar-refractivity contribution in [2.24, 2.45) is 0 Å². The van der Waals surface area contributed by atoms with Crippen LogP contribution in [0.3, 0.4) is 0 Å². The molecule has 34 heavy (non-hydrogen) atoms. The second-order valence-corrected chi connectivity index (χ2v) is 8.85. The maximum absolute atomic E-state index is 13.0. The maximum atomic E-state index is 13.0. The third kappa shape index (κ3) is 6.63. The summed E-state index contributed by atoms with van der Waals surface area (Å²) < 4.78 is 16.3. The number of carbonyl (C=O) groups excluding carboxylic acids is 2. The van der Waals surface area contributed by atoms with Crippen molar-refractivity contribution in [3.05, 3.63) is 75.6 Å². The Hall–Kier alpha value is -3.26. The topological polar surface area (TPSA) is 94.8 Å². The summed E-state index contributed by atoms with van der Waals surface area (Å²) in [5.41, 5.74) is 2.25. The number of alkyl carbamates (subject to hydrolysis) is 1. The van der Waals surface area contributed by atoms with Gasteiger partial charge in [-0.05, 0) is 55.0 Å². The van der Waals surface area contributed by atoms with E-state index in [1.54, 1.807) is 30.8 Å². The van der Waals surface area contributed by atoms with Gasteiger partial charge in [-0.15, -0.1) is 0 Å². The fraction of sp³-hybridized carbons (Fsp3) is 0.346. The van der Waals surface area contributed by atoms with Crippen molar-refractivity contribution in [2.75, 3.05) is 12.0 Å². The molecule has 8 heteroatoms. The summed E-state index contributed by atoms with van der Waals surface area (Å²) in [6.45, 7) is 3.87. The van der Waals surface area contributed by atoms with Crippen molar-refractivity contribution in [1.29, 1.82) is 0 Å². The minimum absolute atomic E-state index is 0.0971. The second-order valence-electron chi connectivity index (χ2n) is 7.87. The first-order chi connectivity index (χ1) is 16.4. The molecule has 0 unspecified atom stereocenters. The standard InChI is InChI=1S/C26H29NO6S/c1-4-8-19-15-23(28)33-24-17(2)22(12-11-20(19)24)32-25(29)21(13-14-34-3)27-26(30)31-16-18-9-6-5-7-10-18/h5-7,9-12,15,21H,4,8,13-14,16H2,1-3H3,(H,27,30)/t21-/m0/s1. The van der Waals surface area contributed by atoms with E-state index in [1.807, 2.05) is 43.5 Å². The average Bonchev–Trinajstić information content (AvgIpc) is 2.83. The Morgan fingerprint density at radius 2 is 1.91 bits per heavy atom. The van der Waals surface area contributed by atoms with Crippen LogP contribution < -0.4 is 15.7 Å². The number of thioether (sulfide) groups is 1. The van der Waals surface area contributed by atoms with E-state index in [1.165, 1.54) is 6.07 Å². The van der Waals surface area contributed by atoms with Crippen LogP contribution in [0.15, 0.2) is 57.7 Å². The Balaban J connectivity index is 1.74. The van der Waals surface area contributed by atoms with Crippen LogP contribution in [0.1, 0.15) is 36.5 Å². The molecule has 0 saturated heterocycles. The molecule has 0 fully saturated rings. The summed E-state index contributed by atoms with van der Waals surface area (Å²) >= 11 is 1.55. The molecule has 1 atom stereocenters. The van der Waals surface area contributed by atoms with E-state index in [0.29, 0.717) is 23.3 Å². The zero-order valence-electron chi connectivity index (χ0n) is 19.6. The van der Waals surface area contributed by atoms with Crippen LogP contribution in [0.5, 0.6) is 5.75 Å². The van der Waals surface area contributed by atoms with Crippen LogP contribution in [-0.4, -0.2) is 30.1 Å². The number of hydrogen-bond acceptors (Lipinski definition) is 7. The summed E-state index contributed by atoms with van der Waals surface area (Å²) in [5.74, 6) is 0.313. The highest BCUT2D eigenvalue weighted by atomic mass is 32.2. The largest absolute Gasteiger partial charge is 0.445 e. The number of carbonyl (C=O) groups is 2. The molecule has 0 aliphatic rings. The van der Waals surface area contributed by atoms with Crippen molar-refractivity contribution in [3.8, 4) is 5.75 Å². The number of amides is 1. The number of aryl methyl sites for hydroxylation is 2. The molecular weight excluding hydrogens is 454 g/mol. The predicted molar refractivity (Wildman–Crippen MR) is 133 cm³/mol. The molecular formula is C26H29NO6S. The highest BCUT2D eigenvalue weighted by molar-refractivity contribution is 7.98. The number of ether oxygens (including phenoxy) is 2. The van der Waals surface area contributed by atoms with E-state index in [-0.39, 0.29) is 12.4 Å². The second kappa shape index (κ2) is 12.3. The third-order valence-corrected chi connectivity index (χ3v) is 5.97. The van der Waals surface area contributed by atoms with E-state index >= 15 is 0 Å².